The molecule has 1 aromatic heterocycles. The van der Waals surface area contributed by atoms with Crippen LogP contribution in [0, 0.1) is 13.8 Å². The quantitative estimate of drug-likeness (QED) is 0.797. The van der Waals surface area contributed by atoms with E-state index in [-0.39, 0.29) is 6.04 Å². The summed E-state index contributed by atoms with van der Waals surface area (Å²) >= 11 is 5.50. The molecule has 0 amide bonds. The fourth-order valence-electron chi connectivity index (χ4n) is 3.06. The van der Waals surface area contributed by atoms with E-state index < -0.39 is 0 Å². The summed E-state index contributed by atoms with van der Waals surface area (Å²) in [5.41, 5.74) is 2.69. The van der Waals surface area contributed by atoms with Crippen LogP contribution in [0.1, 0.15) is 18.3 Å². The van der Waals surface area contributed by atoms with Gasteiger partial charge >= 0.3 is 0 Å². The Balaban J connectivity index is 1.72. The molecule has 5 nitrogen and oxygen atoms in total. The lowest BCUT2D eigenvalue weighted by molar-refractivity contribution is 0.165. The van der Waals surface area contributed by atoms with E-state index in [9.17, 15) is 0 Å². The van der Waals surface area contributed by atoms with Crippen molar-refractivity contribution in [1.82, 2.24) is 19.7 Å². The monoisotopic (exact) mass is 338 g/mol. The minimum Gasteiger partial charge on any atom is -0.383 e. The summed E-state index contributed by atoms with van der Waals surface area (Å²) < 4.78 is 7.54. The molecule has 0 radical (unpaired) electrons. The number of methoxy groups -OCH3 is 1. The van der Waals surface area contributed by atoms with Gasteiger partial charge in [0.2, 0.25) is 0 Å². The molecule has 1 fully saturated rings. The molecule has 23 heavy (non-hydrogen) atoms. The van der Waals surface area contributed by atoms with Crippen LogP contribution >= 0.6 is 12.2 Å². The average Bonchev–Trinajstić information content (AvgIpc) is 2.84. The Morgan fingerprint density at radius 1 is 1.17 bits per heavy atom. The molecule has 0 spiro atoms. The first kappa shape index (κ1) is 18.2. The van der Waals surface area contributed by atoms with Crippen LogP contribution in [-0.2, 0) is 11.3 Å². The Morgan fingerprint density at radius 2 is 1.78 bits per heavy atom. The summed E-state index contributed by atoms with van der Waals surface area (Å²) in [6.45, 7) is 13.4. The predicted molar refractivity (Wildman–Crippen MR) is 99.0 cm³/mol. The summed E-state index contributed by atoms with van der Waals surface area (Å²) in [4.78, 5) is 4.79. The lowest BCUT2D eigenvalue weighted by Gasteiger charge is -2.37. The second kappa shape index (κ2) is 8.66. The van der Waals surface area contributed by atoms with Crippen LogP contribution in [0.5, 0.6) is 0 Å². The number of nitrogens with one attached hydrogen (secondary N) is 1. The fourth-order valence-corrected chi connectivity index (χ4v) is 3.45. The molecule has 0 saturated carbocycles. The maximum absolute atomic E-state index is 5.50. The minimum absolute atomic E-state index is 0.255. The molecule has 6 heteroatoms. The molecule has 130 valence electrons. The maximum Gasteiger partial charge on any atom is 0.169 e. The second-order valence-corrected chi connectivity index (χ2v) is 6.79. The van der Waals surface area contributed by atoms with Crippen molar-refractivity contribution in [3.8, 4) is 0 Å². The number of piperazine rings is 1. The fraction of sp³-hybridized carbons (Fsp3) is 0.706. The van der Waals surface area contributed by atoms with Crippen molar-refractivity contribution in [2.24, 2.45) is 0 Å². The van der Waals surface area contributed by atoms with Gasteiger partial charge in [0.05, 0.1) is 6.61 Å². The molecule has 1 saturated heterocycles. The number of nitrogens with zero attached hydrogens (tertiary/aromatic N) is 3. The Morgan fingerprint density at radius 3 is 2.35 bits per heavy atom. The van der Waals surface area contributed by atoms with Gasteiger partial charge in [-0.3, -0.25) is 4.90 Å². The van der Waals surface area contributed by atoms with Gasteiger partial charge in [0.25, 0.3) is 0 Å². The number of aromatic nitrogens is 1. The van der Waals surface area contributed by atoms with E-state index in [2.05, 4.69) is 52.6 Å². The summed E-state index contributed by atoms with van der Waals surface area (Å²) in [5, 5.41) is 4.20. The van der Waals surface area contributed by atoms with Crippen LogP contribution in [0.3, 0.4) is 0 Å². The SMILES string of the molecule is COCC(C)NC(=S)N1CCN(CCn2c(C)ccc2C)CC1. The van der Waals surface area contributed by atoms with Gasteiger partial charge in [0, 0.05) is 63.8 Å². The van der Waals surface area contributed by atoms with Gasteiger partial charge in [-0.05, 0) is 45.1 Å². The van der Waals surface area contributed by atoms with Crippen molar-refractivity contribution in [2.75, 3.05) is 46.4 Å². The van der Waals surface area contributed by atoms with E-state index in [4.69, 9.17) is 17.0 Å². The number of ether oxygens (including phenoxy) is 1. The first-order chi connectivity index (χ1) is 11.0. The summed E-state index contributed by atoms with van der Waals surface area (Å²) in [7, 11) is 1.72. The van der Waals surface area contributed by atoms with Crippen molar-refractivity contribution in [3.05, 3.63) is 23.5 Å². The number of thiocarbonyl (C=S) groups is 1. The molecule has 0 aromatic carbocycles. The zero-order chi connectivity index (χ0) is 16.8. The van der Waals surface area contributed by atoms with Gasteiger partial charge in [-0.2, -0.15) is 0 Å². The van der Waals surface area contributed by atoms with E-state index >= 15 is 0 Å². The molecule has 0 bridgehead atoms. The van der Waals surface area contributed by atoms with Crippen LogP contribution < -0.4 is 5.32 Å². The van der Waals surface area contributed by atoms with Gasteiger partial charge < -0.3 is 19.5 Å². The molecule has 1 aliphatic rings. The highest BCUT2D eigenvalue weighted by Crippen LogP contribution is 2.08. The molecule has 1 atom stereocenters. The normalized spacial score (nSPS) is 17.3. The van der Waals surface area contributed by atoms with Crippen LogP contribution in [0.4, 0.5) is 0 Å². The van der Waals surface area contributed by atoms with Gasteiger partial charge in [0.15, 0.2) is 5.11 Å². The van der Waals surface area contributed by atoms with E-state index in [1.54, 1.807) is 7.11 Å². The molecular formula is C17H30N4OS. The highest BCUT2D eigenvalue weighted by atomic mass is 32.1. The molecule has 0 aliphatic carbocycles. The number of hydrogen-bond acceptors (Lipinski definition) is 3. The molecule has 1 N–H and O–H groups in total. The maximum atomic E-state index is 5.50. The highest BCUT2D eigenvalue weighted by Gasteiger charge is 2.19. The zero-order valence-electron chi connectivity index (χ0n) is 14.8. The third-order valence-electron chi connectivity index (χ3n) is 4.50. The topological polar surface area (TPSA) is 32.7 Å². The Hall–Kier alpha value is -1.11. The minimum atomic E-state index is 0.255. The van der Waals surface area contributed by atoms with E-state index in [1.165, 1.54) is 11.4 Å². The van der Waals surface area contributed by atoms with Gasteiger partial charge in [-0.25, -0.2) is 0 Å². The summed E-state index contributed by atoms with van der Waals surface area (Å²) in [5.74, 6) is 0. The molecule has 2 heterocycles. The van der Waals surface area contributed by atoms with E-state index in [0.717, 1.165) is 44.4 Å². The number of aryl methyl sites for hydroxylation is 2. The van der Waals surface area contributed by atoms with Crippen molar-refractivity contribution in [2.45, 2.75) is 33.4 Å². The molecule has 1 unspecified atom stereocenters. The third-order valence-corrected chi connectivity index (χ3v) is 4.88. The van der Waals surface area contributed by atoms with Gasteiger partial charge in [-0.15, -0.1) is 0 Å². The van der Waals surface area contributed by atoms with Gasteiger partial charge in [-0.1, -0.05) is 0 Å². The smallest absolute Gasteiger partial charge is 0.169 e. The highest BCUT2D eigenvalue weighted by molar-refractivity contribution is 7.80. The van der Waals surface area contributed by atoms with Crippen molar-refractivity contribution >= 4 is 17.3 Å². The van der Waals surface area contributed by atoms with Crippen molar-refractivity contribution < 1.29 is 4.74 Å². The summed E-state index contributed by atoms with van der Waals surface area (Å²) in [6, 6.07) is 4.64. The molecule has 1 aromatic rings. The lowest BCUT2D eigenvalue weighted by atomic mass is 10.3. The zero-order valence-corrected chi connectivity index (χ0v) is 15.7. The van der Waals surface area contributed by atoms with E-state index in [1.807, 2.05) is 0 Å². The summed E-state index contributed by atoms with van der Waals surface area (Å²) in [6.07, 6.45) is 0. The van der Waals surface area contributed by atoms with Crippen LogP contribution in [0.15, 0.2) is 12.1 Å². The largest absolute Gasteiger partial charge is 0.383 e. The molecular weight excluding hydrogens is 308 g/mol. The lowest BCUT2D eigenvalue weighted by Crippen LogP contribution is -2.53. The first-order valence-electron chi connectivity index (χ1n) is 8.40. The Labute approximate surface area is 145 Å². The van der Waals surface area contributed by atoms with Crippen LogP contribution in [0.25, 0.3) is 0 Å². The Kier molecular flexibility index (Phi) is 6.87. The van der Waals surface area contributed by atoms with Crippen LogP contribution in [-0.4, -0.2) is 72.0 Å². The predicted octanol–water partition coefficient (Wildman–Crippen LogP) is 1.63. The third kappa shape index (κ3) is 5.19. The molecule has 2 rings (SSSR count). The van der Waals surface area contributed by atoms with Gasteiger partial charge in [0.1, 0.15) is 0 Å². The first-order valence-corrected chi connectivity index (χ1v) is 8.81. The second-order valence-electron chi connectivity index (χ2n) is 6.40. The average molecular weight is 339 g/mol. The Bertz CT molecular complexity index is 489. The van der Waals surface area contributed by atoms with Crippen molar-refractivity contribution in [1.29, 1.82) is 0 Å². The number of hydrogen-bond donors (Lipinski definition) is 1. The van der Waals surface area contributed by atoms with Crippen molar-refractivity contribution in [3.63, 3.8) is 0 Å². The van der Waals surface area contributed by atoms with E-state index in [0.29, 0.717) is 6.61 Å². The number of rotatable bonds is 6. The molecule has 1 aliphatic heterocycles. The standard InChI is InChI=1S/C17H30N4OS/c1-14(13-22-4)18-17(23)20-10-7-19(8-11-20)9-12-21-15(2)5-6-16(21)3/h5-6,14H,7-13H2,1-4H3,(H,18,23). The van der Waals surface area contributed by atoms with Crippen LogP contribution in [0.2, 0.25) is 0 Å².